The third-order valence-corrected chi connectivity index (χ3v) is 10.2. The van der Waals surface area contributed by atoms with Gasteiger partial charge in [0.05, 0.1) is 11.0 Å². The van der Waals surface area contributed by atoms with Gasteiger partial charge in [0.15, 0.2) is 0 Å². The number of hydrogen-bond donors (Lipinski definition) is 0. The minimum Gasteiger partial charge on any atom is -0.455 e. The molecule has 0 unspecified atom stereocenters. The van der Waals surface area contributed by atoms with Gasteiger partial charge in [-0.3, -0.25) is 0 Å². The van der Waals surface area contributed by atoms with Crippen LogP contribution in [0.2, 0.25) is 0 Å². The van der Waals surface area contributed by atoms with Gasteiger partial charge in [-0.05, 0) is 92.0 Å². The van der Waals surface area contributed by atoms with Crippen LogP contribution in [0.1, 0.15) is 0 Å². The van der Waals surface area contributed by atoms with E-state index in [1.54, 1.807) is 0 Å². The summed E-state index contributed by atoms with van der Waals surface area (Å²) in [5.41, 5.74) is 13.2. The first-order valence-electron chi connectivity index (χ1n) is 15.9. The molecule has 0 radical (unpaired) electrons. The Labute approximate surface area is 264 Å². The van der Waals surface area contributed by atoms with Crippen LogP contribution in [-0.4, -0.2) is 4.57 Å². The van der Waals surface area contributed by atoms with Gasteiger partial charge in [-0.15, -0.1) is 0 Å². The van der Waals surface area contributed by atoms with Gasteiger partial charge in [0.25, 0.3) is 0 Å². The Bertz CT molecular complexity index is 2870. The highest BCUT2D eigenvalue weighted by molar-refractivity contribution is 6.26. The van der Waals surface area contributed by atoms with Gasteiger partial charge in [-0.2, -0.15) is 0 Å². The number of benzene rings is 8. The Hall–Kier alpha value is -6.12. The molecule has 46 heavy (non-hydrogen) atoms. The fourth-order valence-corrected chi connectivity index (χ4v) is 8.18. The zero-order valence-electron chi connectivity index (χ0n) is 24.8. The standard InChI is InChI=1S/C44H25NO/c1-2-9-30-29(8-1)33-13-7-12-32-28(20-21-34(30)42(32)33)26-16-18-27(19-17-26)45-39-14-5-3-11-38(39)43-35-22-23-36-31-10-4-6-15-41(31)46-44(36)37(35)24-25-40(43)45/h1-25H. The molecule has 0 fully saturated rings. The van der Waals surface area contributed by atoms with E-state index in [9.17, 15) is 0 Å². The summed E-state index contributed by atoms with van der Waals surface area (Å²) < 4.78 is 8.84. The summed E-state index contributed by atoms with van der Waals surface area (Å²) in [6.45, 7) is 0. The van der Waals surface area contributed by atoms with E-state index >= 15 is 0 Å². The molecule has 8 aromatic carbocycles. The molecular weight excluding hydrogens is 558 g/mol. The fourth-order valence-electron chi connectivity index (χ4n) is 8.18. The molecule has 2 heteroatoms. The molecule has 0 saturated carbocycles. The zero-order chi connectivity index (χ0) is 29.9. The molecule has 0 spiro atoms. The van der Waals surface area contributed by atoms with Crippen LogP contribution in [0.15, 0.2) is 156 Å². The molecule has 0 atom stereocenters. The van der Waals surface area contributed by atoms with E-state index in [-0.39, 0.29) is 0 Å². The number of para-hydroxylation sites is 2. The fraction of sp³-hybridized carbons (Fsp3) is 0. The summed E-state index contributed by atoms with van der Waals surface area (Å²) in [7, 11) is 0. The number of nitrogens with zero attached hydrogens (tertiary/aromatic N) is 1. The average molecular weight is 584 g/mol. The van der Waals surface area contributed by atoms with Gasteiger partial charge < -0.3 is 8.98 Å². The summed E-state index contributed by atoms with van der Waals surface area (Å²) in [5, 5.41) is 9.84. The molecule has 0 aliphatic heterocycles. The number of rotatable bonds is 2. The van der Waals surface area contributed by atoms with Crippen molar-refractivity contribution >= 4 is 65.3 Å². The van der Waals surface area contributed by atoms with E-state index < -0.39 is 0 Å². The van der Waals surface area contributed by atoms with Crippen molar-refractivity contribution in [1.82, 2.24) is 4.57 Å². The Morgan fingerprint density at radius 3 is 1.85 bits per heavy atom. The van der Waals surface area contributed by atoms with E-state index in [0.29, 0.717) is 0 Å². The first-order chi connectivity index (χ1) is 22.8. The smallest absolute Gasteiger partial charge is 0.143 e. The minimum atomic E-state index is 0.928. The molecule has 212 valence electrons. The highest BCUT2D eigenvalue weighted by Gasteiger charge is 2.22. The number of furan rings is 1. The number of hydrogen-bond acceptors (Lipinski definition) is 1. The molecule has 0 saturated heterocycles. The molecule has 10 aromatic rings. The van der Waals surface area contributed by atoms with Crippen LogP contribution in [0.4, 0.5) is 0 Å². The van der Waals surface area contributed by atoms with Crippen LogP contribution in [0.25, 0.3) is 104 Å². The molecular formula is C44H25NO. The van der Waals surface area contributed by atoms with Crippen LogP contribution in [-0.2, 0) is 0 Å². The average Bonchev–Trinajstić information content (AvgIpc) is 3.78. The summed E-state index contributed by atoms with van der Waals surface area (Å²) in [4.78, 5) is 0. The molecule has 0 amide bonds. The SMILES string of the molecule is c1ccc2c(c1)-c1cccc3c(-c4ccc(-n5c6ccccc6c6c7ccc8c9ccccc9oc8c7ccc65)cc4)ccc-2c13. The lowest BCUT2D eigenvalue weighted by molar-refractivity contribution is 0.672. The van der Waals surface area contributed by atoms with Crippen LogP contribution in [0.5, 0.6) is 0 Å². The third kappa shape index (κ3) is 3.05. The van der Waals surface area contributed by atoms with E-state index in [1.165, 1.54) is 71.3 Å². The predicted octanol–water partition coefficient (Wildman–Crippen LogP) is 12.3. The molecule has 2 nitrogen and oxygen atoms in total. The Balaban J connectivity index is 1.10. The Morgan fingerprint density at radius 1 is 0.348 bits per heavy atom. The molecule has 2 aromatic heterocycles. The summed E-state index contributed by atoms with van der Waals surface area (Å²) in [6.07, 6.45) is 0. The van der Waals surface area contributed by atoms with Gasteiger partial charge in [-0.1, -0.05) is 109 Å². The lowest BCUT2D eigenvalue weighted by atomic mass is 9.94. The number of aromatic nitrogens is 1. The Morgan fingerprint density at radius 2 is 0.978 bits per heavy atom. The van der Waals surface area contributed by atoms with E-state index in [0.717, 1.165) is 33.0 Å². The van der Waals surface area contributed by atoms with Gasteiger partial charge in [0.2, 0.25) is 0 Å². The maximum absolute atomic E-state index is 6.43. The van der Waals surface area contributed by atoms with E-state index in [1.807, 2.05) is 6.07 Å². The Kier molecular flexibility index (Phi) is 4.61. The van der Waals surface area contributed by atoms with Crippen molar-refractivity contribution in [3.63, 3.8) is 0 Å². The topological polar surface area (TPSA) is 18.1 Å². The second kappa shape index (κ2) is 8.74. The lowest BCUT2D eigenvalue weighted by Gasteiger charge is -2.12. The second-order valence-corrected chi connectivity index (χ2v) is 12.4. The maximum atomic E-state index is 6.43. The minimum absolute atomic E-state index is 0.928. The molecule has 0 bridgehead atoms. The van der Waals surface area contributed by atoms with Crippen molar-refractivity contribution in [3.8, 4) is 39.1 Å². The first kappa shape index (κ1) is 24.2. The normalized spacial score (nSPS) is 12.3. The van der Waals surface area contributed by atoms with Gasteiger partial charge in [-0.25, -0.2) is 0 Å². The molecule has 1 aliphatic rings. The van der Waals surface area contributed by atoms with E-state index in [4.69, 9.17) is 4.42 Å². The summed E-state index contributed by atoms with van der Waals surface area (Å²) in [5.74, 6) is 0. The molecule has 0 N–H and O–H groups in total. The van der Waals surface area contributed by atoms with Crippen LogP contribution >= 0.6 is 0 Å². The van der Waals surface area contributed by atoms with Gasteiger partial charge in [0, 0.05) is 32.6 Å². The van der Waals surface area contributed by atoms with E-state index in [2.05, 4.69) is 150 Å². The molecule has 2 heterocycles. The maximum Gasteiger partial charge on any atom is 0.143 e. The van der Waals surface area contributed by atoms with Crippen molar-refractivity contribution < 1.29 is 4.42 Å². The third-order valence-electron chi connectivity index (χ3n) is 10.2. The van der Waals surface area contributed by atoms with Crippen molar-refractivity contribution in [1.29, 1.82) is 0 Å². The van der Waals surface area contributed by atoms with Crippen molar-refractivity contribution in [3.05, 3.63) is 152 Å². The van der Waals surface area contributed by atoms with Crippen LogP contribution in [0, 0.1) is 0 Å². The zero-order valence-corrected chi connectivity index (χ0v) is 24.8. The largest absolute Gasteiger partial charge is 0.455 e. The summed E-state index contributed by atoms with van der Waals surface area (Å²) in [6, 6.07) is 55.2. The number of fused-ring (bicyclic) bond motifs is 12. The monoisotopic (exact) mass is 583 g/mol. The van der Waals surface area contributed by atoms with Crippen molar-refractivity contribution in [2.24, 2.45) is 0 Å². The lowest BCUT2D eigenvalue weighted by Crippen LogP contribution is -1.94. The van der Waals surface area contributed by atoms with Crippen LogP contribution < -0.4 is 0 Å². The van der Waals surface area contributed by atoms with Crippen LogP contribution in [0.3, 0.4) is 0 Å². The van der Waals surface area contributed by atoms with Crippen molar-refractivity contribution in [2.75, 3.05) is 0 Å². The van der Waals surface area contributed by atoms with Crippen molar-refractivity contribution in [2.45, 2.75) is 0 Å². The molecule has 1 aliphatic carbocycles. The van der Waals surface area contributed by atoms with Gasteiger partial charge in [0.1, 0.15) is 11.2 Å². The quantitative estimate of drug-likeness (QED) is 0.198. The predicted molar refractivity (Wildman–Crippen MR) is 193 cm³/mol. The highest BCUT2D eigenvalue weighted by atomic mass is 16.3. The van der Waals surface area contributed by atoms with Gasteiger partial charge >= 0.3 is 0 Å². The highest BCUT2D eigenvalue weighted by Crippen LogP contribution is 2.49. The first-order valence-corrected chi connectivity index (χ1v) is 15.9. The molecule has 11 rings (SSSR count). The summed E-state index contributed by atoms with van der Waals surface area (Å²) >= 11 is 0. The second-order valence-electron chi connectivity index (χ2n) is 12.4.